The van der Waals surface area contributed by atoms with Crippen LogP contribution in [0.3, 0.4) is 0 Å². The Kier molecular flexibility index (Phi) is 4.46. The smallest absolute Gasteiger partial charge is 0.152 e. The molecule has 0 aliphatic carbocycles. The van der Waals surface area contributed by atoms with E-state index in [1.54, 1.807) is 24.3 Å². The second kappa shape index (κ2) is 7.23. The summed E-state index contributed by atoms with van der Waals surface area (Å²) in [5.41, 5.74) is 5.53. The molecule has 0 aliphatic rings. The number of benzene rings is 3. The molecule has 4 heteroatoms. The predicted octanol–water partition coefficient (Wildman–Crippen LogP) is 4.91. The fourth-order valence-electron chi connectivity index (χ4n) is 3.49. The van der Waals surface area contributed by atoms with Gasteiger partial charge in [-0.3, -0.25) is 4.79 Å². The molecule has 0 radical (unpaired) electrons. The van der Waals surface area contributed by atoms with Gasteiger partial charge in [0.2, 0.25) is 0 Å². The maximum absolute atomic E-state index is 12.0. The maximum Gasteiger partial charge on any atom is 0.152 e. The fraction of sp³-hybridized carbons (Fsp3) is 0.0417. The molecule has 0 fully saturated rings. The van der Waals surface area contributed by atoms with Crippen LogP contribution >= 0.6 is 0 Å². The molecule has 4 nitrogen and oxygen atoms in total. The van der Waals surface area contributed by atoms with Crippen LogP contribution in [0.15, 0.2) is 72.8 Å². The molecule has 0 amide bonds. The molecule has 132 valence electrons. The lowest BCUT2D eigenvalue weighted by Gasteiger charge is -2.12. The third kappa shape index (κ3) is 2.94. The van der Waals surface area contributed by atoms with E-state index in [9.17, 15) is 4.79 Å². The van der Waals surface area contributed by atoms with Gasteiger partial charge in [0, 0.05) is 23.0 Å². The van der Waals surface area contributed by atoms with Crippen LogP contribution in [0.5, 0.6) is 0 Å². The third-order valence-corrected chi connectivity index (χ3v) is 4.84. The number of nitriles is 2. The molecule has 0 aliphatic heterocycles. The molecule has 28 heavy (non-hydrogen) atoms. The minimum absolute atomic E-state index is 0.565. The Morgan fingerprint density at radius 1 is 0.821 bits per heavy atom. The van der Waals surface area contributed by atoms with E-state index < -0.39 is 0 Å². The number of fused-ring (bicyclic) bond motifs is 1. The van der Waals surface area contributed by atoms with Crippen molar-refractivity contribution in [1.82, 2.24) is 4.57 Å². The summed E-state index contributed by atoms with van der Waals surface area (Å²) in [6.07, 6.45) is 0.894. The van der Waals surface area contributed by atoms with Crippen LogP contribution in [0.4, 0.5) is 0 Å². The number of nitrogens with zero attached hydrogens (tertiary/aromatic N) is 3. The minimum atomic E-state index is 0.565. The molecule has 0 N–H and O–H groups in total. The van der Waals surface area contributed by atoms with Crippen molar-refractivity contribution in [3.8, 4) is 23.4 Å². The van der Waals surface area contributed by atoms with E-state index in [4.69, 9.17) is 10.5 Å². The van der Waals surface area contributed by atoms with E-state index in [0.29, 0.717) is 23.2 Å². The van der Waals surface area contributed by atoms with Gasteiger partial charge in [0.1, 0.15) is 0 Å². The highest BCUT2D eigenvalue weighted by Gasteiger charge is 2.18. The zero-order valence-corrected chi connectivity index (χ0v) is 15.0. The number of hydrogen-bond acceptors (Lipinski definition) is 3. The summed E-state index contributed by atoms with van der Waals surface area (Å²) in [6.45, 7) is 0.565. The fourth-order valence-corrected chi connectivity index (χ4v) is 3.49. The van der Waals surface area contributed by atoms with Crippen LogP contribution in [0.1, 0.15) is 27.0 Å². The molecule has 0 atom stereocenters. The van der Waals surface area contributed by atoms with Gasteiger partial charge in [-0.05, 0) is 41.5 Å². The first-order chi connectivity index (χ1) is 13.7. The number of aldehydes is 1. The van der Waals surface area contributed by atoms with E-state index in [1.807, 2.05) is 48.5 Å². The predicted molar refractivity (Wildman–Crippen MR) is 108 cm³/mol. The van der Waals surface area contributed by atoms with Gasteiger partial charge in [-0.25, -0.2) is 0 Å². The monoisotopic (exact) mass is 361 g/mol. The minimum Gasteiger partial charge on any atom is -0.335 e. The lowest BCUT2D eigenvalue weighted by atomic mass is 10.0. The van der Waals surface area contributed by atoms with E-state index in [2.05, 4.69) is 16.7 Å². The molecular weight excluding hydrogens is 346 g/mol. The molecule has 0 saturated heterocycles. The summed E-state index contributed by atoms with van der Waals surface area (Å²) in [5, 5.41) is 19.0. The molecule has 0 saturated carbocycles. The SMILES string of the molecule is N#Cc1ccc(Cn2c(-c3ccc(C#N)cc3)c(C=O)c3ccccc32)cc1. The zero-order valence-electron chi connectivity index (χ0n) is 15.0. The number of hydrogen-bond donors (Lipinski definition) is 0. The maximum atomic E-state index is 12.0. The Morgan fingerprint density at radius 2 is 1.43 bits per heavy atom. The average Bonchev–Trinajstić information content (AvgIpc) is 3.07. The molecule has 4 aromatic rings. The van der Waals surface area contributed by atoms with Crippen molar-refractivity contribution in [3.05, 3.63) is 95.1 Å². The van der Waals surface area contributed by atoms with E-state index >= 15 is 0 Å². The Hall–Kier alpha value is -4.15. The Labute approximate surface area is 162 Å². The van der Waals surface area contributed by atoms with Crippen LogP contribution in [0, 0.1) is 22.7 Å². The van der Waals surface area contributed by atoms with Gasteiger partial charge in [0.05, 0.1) is 29.0 Å². The van der Waals surface area contributed by atoms with Crippen molar-refractivity contribution in [1.29, 1.82) is 10.5 Å². The first-order valence-electron chi connectivity index (χ1n) is 8.81. The lowest BCUT2D eigenvalue weighted by Crippen LogP contribution is -2.03. The third-order valence-electron chi connectivity index (χ3n) is 4.84. The van der Waals surface area contributed by atoms with E-state index in [0.717, 1.165) is 34.0 Å². The van der Waals surface area contributed by atoms with Crippen molar-refractivity contribution < 1.29 is 4.79 Å². The number of carbonyl (C=O) groups excluding carboxylic acids is 1. The summed E-state index contributed by atoms with van der Waals surface area (Å²) in [5.74, 6) is 0. The molecule has 3 aromatic carbocycles. The lowest BCUT2D eigenvalue weighted by molar-refractivity contribution is 0.112. The standard InChI is InChI=1S/C24H15N3O/c25-13-17-5-7-19(8-6-17)15-27-23-4-2-1-3-21(23)22(16-28)24(27)20-11-9-18(14-26)10-12-20/h1-12,16H,15H2. The largest absolute Gasteiger partial charge is 0.335 e. The second-order valence-electron chi connectivity index (χ2n) is 6.48. The quantitative estimate of drug-likeness (QED) is 0.485. The summed E-state index contributed by atoms with van der Waals surface area (Å²) in [6, 6.07) is 26.8. The highest BCUT2D eigenvalue weighted by atomic mass is 16.1. The van der Waals surface area contributed by atoms with E-state index in [-0.39, 0.29) is 0 Å². The Bertz CT molecular complexity index is 1250. The van der Waals surface area contributed by atoms with Gasteiger partial charge in [-0.2, -0.15) is 10.5 Å². The first kappa shape index (κ1) is 17.3. The molecule has 1 aromatic heterocycles. The van der Waals surface area contributed by atoms with Crippen molar-refractivity contribution in [3.63, 3.8) is 0 Å². The van der Waals surface area contributed by atoms with Crippen LogP contribution in [0.25, 0.3) is 22.2 Å². The Balaban J connectivity index is 1.93. The molecule has 0 unspecified atom stereocenters. The molecule has 0 spiro atoms. The summed E-state index contributed by atoms with van der Waals surface area (Å²) >= 11 is 0. The number of para-hydroxylation sites is 1. The molecule has 4 rings (SSSR count). The van der Waals surface area contributed by atoms with Crippen LogP contribution < -0.4 is 0 Å². The van der Waals surface area contributed by atoms with Gasteiger partial charge in [-0.1, -0.05) is 42.5 Å². The Morgan fingerprint density at radius 3 is 2.04 bits per heavy atom. The number of rotatable bonds is 4. The van der Waals surface area contributed by atoms with E-state index in [1.165, 1.54) is 0 Å². The van der Waals surface area contributed by atoms with Gasteiger partial charge in [0.25, 0.3) is 0 Å². The van der Waals surface area contributed by atoms with Gasteiger partial charge < -0.3 is 4.57 Å². The van der Waals surface area contributed by atoms with Crippen molar-refractivity contribution in [2.45, 2.75) is 6.54 Å². The molecule has 0 bridgehead atoms. The number of carbonyl (C=O) groups is 1. The van der Waals surface area contributed by atoms with Crippen LogP contribution in [0.2, 0.25) is 0 Å². The van der Waals surface area contributed by atoms with Gasteiger partial charge >= 0.3 is 0 Å². The number of aromatic nitrogens is 1. The van der Waals surface area contributed by atoms with Crippen LogP contribution in [-0.2, 0) is 6.54 Å². The zero-order chi connectivity index (χ0) is 19.5. The van der Waals surface area contributed by atoms with Crippen molar-refractivity contribution in [2.24, 2.45) is 0 Å². The summed E-state index contributed by atoms with van der Waals surface area (Å²) in [7, 11) is 0. The highest BCUT2D eigenvalue weighted by Crippen LogP contribution is 2.33. The van der Waals surface area contributed by atoms with Crippen molar-refractivity contribution in [2.75, 3.05) is 0 Å². The van der Waals surface area contributed by atoms with Crippen molar-refractivity contribution >= 4 is 17.2 Å². The topological polar surface area (TPSA) is 69.6 Å². The van der Waals surface area contributed by atoms with Gasteiger partial charge in [-0.15, -0.1) is 0 Å². The highest BCUT2D eigenvalue weighted by molar-refractivity contribution is 6.05. The summed E-state index contributed by atoms with van der Waals surface area (Å²) in [4.78, 5) is 12.0. The normalized spacial score (nSPS) is 10.4. The van der Waals surface area contributed by atoms with Gasteiger partial charge in [0.15, 0.2) is 6.29 Å². The summed E-state index contributed by atoms with van der Waals surface area (Å²) < 4.78 is 2.11. The molecular formula is C24H15N3O. The first-order valence-corrected chi connectivity index (χ1v) is 8.81. The second-order valence-corrected chi connectivity index (χ2v) is 6.48. The average molecular weight is 361 g/mol. The molecule has 1 heterocycles. The van der Waals surface area contributed by atoms with Crippen LogP contribution in [-0.4, -0.2) is 10.9 Å².